The number of benzene rings is 1. The zero-order valence-electron chi connectivity index (χ0n) is 22.2. The van der Waals surface area contributed by atoms with E-state index in [9.17, 15) is 18.0 Å². The van der Waals surface area contributed by atoms with Crippen LogP contribution in [0.5, 0.6) is 5.75 Å². The van der Waals surface area contributed by atoms with Gasteiger partial charge in [0.25, 0.3) is 0 Å². The Morgan fingerprint density at radius 2 is 1.73 bits per heavy atom. The number of hydrogen-bond acceptors (Lipinski definition) is 3. The molecule has 3 nitrogen and oxygen atoms in total. The molecule has 4 saturated carbocycles. The Bertz CT molecular complexity index is 953. The van der Waals surface area contributed by atoms with Crippen molar-refractivity contribution in [3.05, 3.63) is 24.3 Å². The van der Waals surface area contributed by atoms with Crippen LogP contribution in [0.25, 0.3) is 0 Å². The number of rotatable bonds is 7. The predicted octanol–water partition coefficient (Wildman–Crippen LogP) is 8.93. The van der Waals surface area contributed by atoms with E-state index in [0.717, 1.165) is 54.4 Å². The van der Waals surface area contributed by atoms with Crippen LogP contribution in [-0.2, 0) is 4.79 Å². The molecule has 0 aromatic heterocycles. The number of carbonyl (C=O) groups excluding carboxylic acids is 1. The first-order chi connectivity index (χ1) is 17.6. The molecule has 0 bridgehead atoms. The number of amides is 1. The van der Waals surface area contributed by atoms with Crippen LogP contribution in [0.2, 0.25) is 0 Å². The maximum absolute atomic E-state index is 12.5. The summed E-state index contributed by atoms with van der Waals surface area (Å²) in [6.45, 7) is 5.22. The van der Waals surface area contributed by atoms with Gasteiger partial charge in [-0.05, 0) is 141 Å². The van der Waals surface area contributed by atoms with Gasteiger partial charge in [-0.25, -0.2) is 0 Å². The predicted molar refractivity (Wildman–Crippen MR) is 141 cm³/mol. The molecule has 7 heteroatoms. The van der Waals surface area contributed by atoms with Gasteiger partial charge in [-0.3, -0.25) is 9.52 Å². The van der Waals surface area contributed by atoms with Crippen molar-refractivity contribution in [1.29, 1.82) is 0 Å². The molecule has 1 amide bonds. The molecule has 7 atom stereocenters. The molecule has 1 N–H and O–H groups in total. The molecule has 7 unspecified atom stereocenters. The summed E-state index contributed by atoms with van der Waals surface area (Å²) in [6.07, 6.45) is 11.9. The Balaban J connectivity index is 1.08. The summed E-state index contributed by atoms with van der Waals surface area (Å²) in [4.78, 5) is 13.1. The van der Waals surface area contributed by atoms with Gasteiger partial charge in [0.15, 0.2) is 0 Å². The minimum atomic E-state index is -4.70. The molecule has 0 spiro atoms. The maximum Gasteiger partial charge on any atom is 0.573 e. The highest BCUT2D eigenvalue weighted by Crippen LogP contribution is 2.67. The van der Waals surface area contributed by atoms with E-state index in [-0.39, 0.29) is 11.7 Å². The van der Waals surface area contributed by atoms with E-state index < -0.39 is 6.36 Å². The largest absolute Gasteiger partial charge is 0.573 e. The van der Waals surface area contributed by atoms with Crippen LogP contribution in [0.15, 0.2) is 29.2 Å². The molecular weight excluding hydrogens is 495 g/mol. The Labute approximate surface area is 224 Å². The molecule has 5 rings (SSSR count). The number of ether oxygens (including phenoxy) is 1. The van der Waals surface area contributed by atoms with Gasteiger partial charge in [0, 0.05) is 11.3 Å². The fourth-order valence-corrected chi connectivity index (χ4v) is 9.87. The minimum absolute atomic E-state index is 0.0208. The van der Waals surface area contributed by atoms with Crippen LogP contribution in [0.1, 0.15) is 97.3 Å². The van der Waals surface area contributed by atoms with Crippen molar-refractivity contribution in [3.63, 3.8) is 0 Å². The second-order valence-corrected chi connectivity index (χ2v) is 13.6. The summed E-state index contributed by atoms with van der Waals surface area (Å²) in [6, 6.07) is 5.55. The Hall–Kier alpha value is -1.37. The molecule has 0 radical (unpaired) electrons. The molecule has 4 fully saturated rings. The molecule has 1 aromatic carbocycles. The number of fused-ring (bicyclic) bond motifs is 5. The lowest BCUT2D eigenvalue weighted by Gasteiger charge is -2.60. The van der Waals surface area contributed by atoms with Crippen molar-refractivity contribution >= 4 is 17.9 Å². The quantitative estimate of drug-likeness (QED) is 0.353. The van der Waals surface area contributed by atoms with Gasteiger partial charge >= 0.3 is 6.36 Å². The van der Waals surface area contributed by atoms with E-state index in [0.29, 0.717) is 22.1 Å². The standard InChI is InChI=1S/C30H42F3NO2S/c1-28-18-4-3-6-20(28)9-15-24-25-16-10-21(29(25,2)19-17-26(24)28)7-5-8-27(35)34-37-23-13-11-22(12-14-23)36-30(31,32)33/h11-14,20-21,24-26H,3-10,15-19H2,1-2H3,(H,34,35). The Morgan fingerprint density at radius 1 is 0.973 bits per heavy atom. The van der Waals surface area contributed by atoms with Crippen LogP contribution in [0.4, 0.5) is 13.2 Å². The molecule has 1 aromatic rings. The average molecular weight is 538 g/mol. The first kappa shape index (κ1) is 27.2. The number of alkyl halides is 3. The van der Waals surface area contributed by atoms with Crippen molar-refractivity contribution < 1.29 is 22.7 Å². The van der Waals surface area contributed by atoms with Gasteiger partial charge in [0.2, 0.25) is 5.91 Å². The molecule has 37 heavy (non-hydrogen) atoms. The van der Waals surface area contributed by atoms with Crippen molar-refractivity contribution in [2.75, 3.05) is 0 Å². The molecule has 0 saturated heterocycles. The summed E-state index contributed by atoms with van der Waals surface area (Å²) >= 11 is 1.14. The SMILES string of the molecule is CC12CCCCC1CCC1C2CCC2(C)C(CCCC(=O)NSc3ccc(OC(F)(F)F)cc3)CCC12. The third kappa shape index (κ3) is 5.67. The summed E-state index contributed by atoms with van der Waals surface area (Å²) in [5.74, 6) is 4.11. The van der Waals surface area contributed by atoms with E-state index in [2.05, 4.69) is 23.3 Å². The second kappa shape index (κ2) is 10.7. The van der Waals surface area contributed by atoms with Gasteiger partial charge < -0.3 is 4.74 Å². The summed E-state index contributed by atoms with van der Waals surface area (Å²) < 4.78 is 43.6. The maximum atomic E-state index is 12.5. The van der Waals surface area contributed by atoms with Crippen LogP contribution >= 0.6 is 11.9 Å². The Kier molecular flexibility index (Phi) is 7.83. The number of hydrogen-bond donors (Lipinski definition) is 1. The second-order valence-electron chi connectivity index (χ2n) is 12.8. The highest BCUT2D eigenvalue weighted by atomic mass is 32.2. The van der Waals surface area contributed by atoms with Crippen LogP contribution in [0, 0.1) is 40.4 Å². The Morgan fingerprint density at radius 3 is 2.49 bits per heavy atom. The molecule has 4 aliphatic rings. The van der Waals surface area contributed by atoms with Gasteiger partial charge in [0.1, 0.15) is 5.75 Å². The van der Waals surface area contributed by atoms with Crippen molar-refractivity contribution in [2.24, 2.45) is 40.4 Å². The minimum Gasteiger partial charge on any atom is -0.406 e. The lowest BCUT2D eigenvalue weighted by atomic mass is 9.45. The van der Waals surface area contributed by atoms with Crippen LogP contribution < -0.4 is 9.46 Å². The number of halogens is 3. The molecule has 0 aliphatic heterocycles. The van der Waals surface area contributed by atoms with E-state index in [1.54, 1.807) is 0 Å². The van der Waals surface area contributed by atoms with Crippen molar-refractivity contribution in [1.82, 2.24) is 4.72 Å². The van der Waals surface area contributed by atoms with Crippen LogP contribution in [-0.4, -0.2) is 12.3 Å². The third-order valence-corrected chi connectivity index (χ3v) is 11.9. The summed E-state index contributed by atoms with van der Waals surface area (Å²) in [7, 11) is 0. The van der Waals surface area contributed by atoms with E-state index in [4.69, 9.17) is 0 Å². The van der Waals surface area contributed by atoms with Gasteiger partial charge in [-0.2, -0.15) is 0 Å². The fraction of sp³-hybridized carbons (Fsp3) is 0.767. The van der Waals surface area contributed by atoms with Crippen molar-refractivity contribution in [2.45, 2.75) is 109 Å². The zero-order chi connectivity index (χ0) is 26.3. The van der Waals surface area contributed by atoms with E-state index in [1.807, 2.05) is 0 Å². The summed E-state index contributed by atoms with van der Waals surface area (Å²) in [5.41, 5.74) is 1.02. The first-order valence-corrected chi connectivity index (χ1v) is 15.2. The fourth-order valence-electron chi connectivity index (χ4n) is 9.26. The highest BCUT2D eigenvalue weighted by Gasteiger charge is 2.59. The molecule has 4 aliphatic carbocycles. The zero-order valence-corrected chi connectivity index (χ0v) is 23.1. The van der Waals surface area contributed by atoms with Gasteiger partial charge in [-0.1, -0.05) is 26.7 Å². The highest BCUT2D eigenvalue weighted by molar-refractivity contribution is 7.98. The normalized spacial score (nSPS) is 37.3. The molecule has 206 valence electrons. The molecular formula is C30H42F3NO2S. The van der Waals surface area contributed by atoms with E-state index in [1.165, 1.54) is 88.5 Å². The number of nitrogens with one attached hydrogen (secondary N) is 1. The van der Waals surface area contributed by atoms with Crippen LogP contribution in [0.3, 0.4) is 0 Å². The number of carbonyl (C=O) groups is 1. The van der Waals surface area contributed by atoms with E-state index >= 15 is 0 Å². The molecule has 0 heterocycles. The van der Waals surface area contributed by atoms with Gasteiger partial charge in [-0.15, -0.1) is 13.2 Å². The first-order valence-electron chi connectivity index (χ1n) is 14.4. The van der Waals surface area contributed by atoms with Gasteiger partial charge in [0.05, 0.1) is 0 Å². The lowest BCUT2D eigenvalue weighted by Crippen LogP contribution is -2.52. The van der Waals surface area contributed by atoms with Crippen molar-refractivity contribution in [3.8, 4) is 5.75 Å². The average Bonchev–Trinajstić information content (AvgIpc) is 3.18. The summed E-state index contributed by atoms with van der Waals surface area (Å²) in [5, 5.41) is 0. The topological polar surface area (TPSA) is 38.3 Å². The monoisotopic (exact) mass is 537 g/mol. The smallest absolute Gasteiger partial charge is 0.406 e. The third-order valence-electron chi connectivity index (χ3n) is 11.1. The lowest BCUT2D eigenvalue weighted by molar-refractivity contribution is -0.274.